The van der Waals surface area contributed by atoms with Gasteiger partial charge in [-0.3, -0.25) is 4.84 Å². The molecule has 0 spiro atoms. The summed E-state index contributed by atoms with van der Waals surface area (Å²) in [5.41, 5.74) is 5.43. The van der Waals surface area contributed by atoms with Crippen LogP contribution < -0.4 is 11.1 Å². The number of hydrogen-bond acceptors (Lipinski definition) is 6. The molecule has 0 aromatic carbocycles. The topological polar surface area (TPSA) is 69.0 Å². The van der Waals surface area contributed by atoms with E-state index in [0.717, 1.165) is 12.5 Å². The molecule has 0 amide bonds. The zero-order valence-corrected chi connectivity index (χ0v) is 12.0. The van der Waals surface area contributed by atoms with Gasteiger partial charge < -0.3 is 20.5 Å². The third kappa shape index (κ3) is 5.43. The lowest BCUT2D eigenvalue weighted by molar-refractivity contribution is -0.384. The first-order valence-electron chi connectivity index (χ1n) is 5.68. The molecule has 0 saturated heterocycles. The van der Waals surface area contributed by atoms with Crippen molar-refractivity contribution in [1.29, 1.82) is 0 Å². The Hall–Kier alpha value is -0.0231. The van der Waals surface area contributed by atoms with Crippen LogP contribution in [0.3, 0.4) is 0 Å². The van der Waals surface area contributed by atoms with Gasteiger partial charge in [0.25, 0.3) is 5.91 Å². The molecule has 3 radical (unpaired) electrons. The highest BCUT2D eigenvalue weighted by Crippen LogP contribution is 2.17. The average molecular weight is 262 g/mol. The van der Waals surface area contributed by atoms with Crippen molar-refractivity contribution in [3.63, 3.8) is 0 Å². The summed E-state index contributed by atoms with van der Waals surface area (Å²) in [4.78, 5) is 5.32. The lowest BCUT2D eigenvalue weighted by atomic mass is 10.3. The van der Waals surface area contributed by atoms with Crippen molar-refractivity contribution in [1.82, 2.24) is 10.4 Å². The standard InChI is InChI=1S/C10H24N3O3Si/c1-14-10(15-2,9-12-6-5-11)13(16-3)7-4-8-17/h12H,4-9,11H2,1-3H3. The van der Waals surface area contributed by atoms with E-state index in [0.29, 0.717) is 26.2 Å². The summed E-state index contributed by atoms with van der Waals surface area (Å²) >= 11 is 0. The Bertz CT molecular complexity index is 182. The fourth-order valence-corrected chi connectivity index (χ4v) is 1.65. The van der Waals surface area contributed by atoms with Crippen molar-refractivity contribution in [2.24, 2.45) is 5.73 Å². The van der Waals surface area contributed by atoms with Crippen LogP contribution in [0.2, 0.25) is 6.04 Å². The van der Waals surface area contributed by atoms with E-state index in [9.17, 15) is 0 Å². The molecule has 0 fully saturated rings. The van der Waals surface area contributed by atoms with Gasteiger partial charge in [0.15, 0.2) is 0 Å². The minimum absolute atomic E-state index is 0.479. The maximum atomic E-state index is 5.44. The molecule has 0 atom stereocenters. The van der Waals surface area contributed by atoms with E-state index in [4.69, 9.17) is 20.0 Å². The Kier molecular flexibility index (Phi) is 9.94. The van der Waals surface area contributed by atoms with Gasteiger partial charge in [-0.25, -0.2) is 0 Å². The highest BCUT2D eigenvalue weighted by Gasteiger charge is 2.37. The number of rotatable bonds is 11. The van der Waals surface area contributed by atoms with Gasteiger partial charge in [0, 0.05) is 44.1 Å². The lowest BCUT2D eigenvalue weighted by Gasteiger charge is -2.39. The largest absolute Gasteiger partial charge is 0.338 e. The molecule has 0 saturated carbocycles. The second-order valence-corrected chi connectivity index (χ2v) is 3.97. The molecule has 17 heavy (non-hydrogen) atoms. The molecule has 0 unspecified atom stereocenters. The molecule has 0 aromatic heterocycles. The van der Waals surface area contributed by atoms with E-state index >= 15 is 0 Å². The average Bonchev–Trinajstić information content (AvgIpc) is 2.37. The fourth-order valence-electron chi connectivity index (χ4n) is 1.49. The first-order chi connectivity index (χ1) is 8.20. The first kappa shape index (κ1) is 17.0. The minimum Gasteiger partial charge on any atom is -0.338 e. The molecular formula is C10H24N3O3Si. The van der Waals surface area contributed by atoms with Crippen molar-refractivity contribution >= 4 is 10.2 Å². The van der Waals surface area contributed by atoms with Crippen LogP contribution in [-0.2, 0) is 14.3 Å². The van der Waals surface area contributed by atoms with Crippen LogP contribution in [0.5, 0.6) is 0 Å². The Balaban J connectivity index is 4.49. The monoisotopic (exact) mass is 262 g/mol. The molecule has 0 aliphatic rings. The molecule has 0 aliphatic heterocycles. The SMILES string of the molecule is CON(CCC[Si])C(CNCCN)(OC)OC. The number of ether oxygens (including phenoxy) is 2. The third-order valence-corrected chi connectivity index (χ3v) is 2.80. The fraction of sp³-hybridized carbons (Fsp3) is 1.00. The number of hydrogen-bond donors (Lipinski definition) is 2. The van der Waals surface area contributed by atoms with Crippen LogP contribution in [0, 0.1) is 0 Å². The van der Waals surface area contributed by atoms with Gasteiger partial charge in [0.05, 0.1) is 13.7 Å². The normalized spacial score (nSPS) is 12.4. The lowest BCUT2D eigenvalue weighted by Crippen LogP contribution is -2.58. The van der Waals surface area contributed by atoms with Gasteiger partial charge >= 0.3 is 0 Å². The molecule has 7 heteroatoms. The Morgan fingerprint density at radius 1 is 1.29 bits per heavy atom. The predicted molar refractivity (Wildman–Crippen MR) is 67.6 cm³/mol. The van der Waals surface area contributed by atoms with Gasteiger partial charge in [-0.2, -0.15) is 0 Å². The highest BCUT2D eigenvalue weighted by molar-refractivity contribution is 6.08. The number of nitrogens with one attached hydrogen (secondary N) is 1. The van der Waals surface area contributed by atoms with E-state index in [1.165, 1.54) is 0 Å². The second kappa shape index (κ2) is 9.95. The predicted octanol–water partition coefficient (Wildman–Crippen LogP) is -0.678. The Morgan fingerprint density at radius 2 is 1.94 bits per heavy atom. The molecule has 3 N–H and O–H groups in total. The van der Waals surface area contributed by atoms with Crippen molar-refractivity contribution < 1.29 is 14.3 Å². The quantitative estimate of drug-likeness (QED) is 0.223. The number of hydroxylamine groups is 2. The molecule has 6 nitrogen and oxygen atoms in total. The van der Waals surface area contributed by atoms with E-state index in [-0.39, 0.29) is 0 Å². The van der Waals surface area contributed by atoms with E-state index in [1.54, 1.807) is 26.4 Å². The van der Waals surface area contributed by atoms with Crippen LogP contribution >= 0.6 is 0 Å². The molecular weight excluding hydrogens is 238 g/mol. The van der Waals surface area contributed by atoms with Crippen LogP contribution in [0.25, 0.3) is 0 Å². The van der Waals surface area contributed by atoms with E-state index < -0.39 is 5.91 Å². The first-order valence-corrected chi connectivity index (χ1v) is 6.38. The molecule has 0 heterocycles. The van der Waals surface area contributed by atoms with Crippen molar-refractivity contribution in [3.8, 4) is 0 Å². The Labute approximate surface area is 107 Å². The molecule has 101 valence electrons. The zero-order chi connectivity index (χ0) is 13.1. The molecule has 0 aromatic rings. The van der Waals surface area contributed by atoms with Gasteiger partial charge in [-0.1, -0.05) is 6.04 Å². The van der Waals surface area contributed by atoms with Crippen molar-refractivity contribution in [3.05, 3.63) is 0 Å². The van der Waals surface area contributed by atoms with Crippen molar-refractivity contribution in [2.45, 2.75) is 18.4 Å². The summed E-state index contributed by atoms with van der Waals surface area (Å²) in [5, 5.41) is 4.84. The number of nitrogens with zero attached hydrogens (tertiary/aromatic N) is 1. The van der Waals surface area contributed by atoms with Crippen LogP contribution in [0.4, 0.5) is 0 Å². The van der Waals surface area contributed by atoms with Crippen molar-refractivity contribution in [2.75, 3.05) is 47.5 Å². The van der Waals surface area contributed by atoms with Crippen LogP contribution in [0.15, 0.2) is 0 Å². The third-order valence-electron chi connectivity index (χ3n) is 2.45. The second-order valence-electron chi connectivity index (χ2n) is 3.47. The van der Waals surface area contributed by atoms with Gasteiger partial charge in [-0.15, -0.1) is 5.06 Å². The van der Waals surface area contributed by atoms with Gasteiger partial charge in [0.1, 0.15) is 0 Å². The summed E-state index contributed by atoms with van der Waals surface area (Å²) in [6.07, 6.45) is 0.927. The summed E-state index contributed by atoms with van der Waals surface area (Å²) in [7, 11) is 8.21. The van der Waals surface area contributed by atoms with Crippen LogP contribution in [0.1, 0.15) is 6.42 Å². The summed E-state index contributed by atoms with van der Waals surface area (Å²) in [6.45, 7) is 2.44. The highest BCUT2D eigenvalue weighted by atomic mass is 28.1. The van der Waals surface area contributed by atoms with E-state index in [2.05, 4.69) is 15.6 Å². The summed E-state index contributed by atoms with van der Waals surface area (Å²) in [6, 6.07) is 0.888. The van der Waals surface area contributed by atoms with Gasteiger partial charge in [-0.05, 0) is 6.42 Å². The van der Waals surface area contributed by atoms with Gasteiger partial charge in [0.2, 0.25) is 0 Å². The number of methoxy groups -OCH3 is 2. The van der Waals surface area contributed by atoms with E-state index in [1.807, 2.05) is 0 Å². The molecule has 0 bridgehead atoms. The van der Waals surface area contributed by atoms with Crippen LogP contribution in [-0.4, -0.2) is 68.7 Å². The minimum atomic E-state index is -0.925. The number of nitrogens with two attached hydrogens (primary N) is 1. The summed E-state index contributed by atoms with van der Waals surface area (Å²) < 4.78 is 10.9. The Morgan fingerprint density at radius 3 is 2.35 bits per heavy atom. The zero-order valence-electron chi connectivity index (χ0n) is 11.0. The maximum Gasteiger partial charge on any atom is 0.264 e. The maximum absolute atomic E-state index is 5.44. The smallest absolute Gasteiger partial charge is 0.264 e. The molecule has 0 rings (SSSR count). The summed E-state index contributed by atoms with van der Waals surface area (Å²) in [5.74, 6) is -0.925. The molecule has 0 aliphatic carbocycles.